The Bertz CT molecular complexity index is 389. The summed E-state index contributed by atoms with van der Waals surface area (Å²) in [5.74, 6) is -0.0235. The number of nitrogens with zero attached hydrogens (tertiary/aromatic N) is 1. The molecule has 1 aromatic carbocycles. The first-order valence-corrected chi connectivity index (χ1v) is 5.05. The molecule has 80 valence electrons. The molecule has 0 aliphatic carbocycles. The molecule has 1 aliphatic rings. The molecule has 1 amide bonds. The Morgan fingerprint density at radius 2 is 2.33 bits per heavy atom. The van der Waals surface area contributed by atoms with Gasteiger partial charge in [0, 0.05) is 31.8 Å². The molecule has 0 bridgehead atoms. The molecule has 4 heteroatoms. The number of amides is 1. The maximum absolute atomic E-state index is 11.0. The third-order valence-electron chi connectivity index (χ3n) is 2.55. The lowest BCUT2D eigenvalue weighted by Gasteiger charge is -2.29. The molecule has 0 fully saturated rings. The van der Waals surface area contributed by atoms with Crippen LogP contribution < -0.4 is 15.8 Å². The molecule has 15 heavy (non-hydrogen) atoms. The molecule has 2 rings (SSSR count). The van der Waals surface area contributed by atoms with E-state index in [0.717, 1.165) is 24.3 Å². The van der Waals surface area contributed by atoms with Crippen LogP contribution >= 0.6 is 0 Å². The Labute approximate surface area is 89.2 Å². The summed E-state index contributed by atoms with van der Waals surface area (Å²) in [5, 5.41) is 4.85. The van der Waals surface area contributed by atoms with Crippen molar-refractivity contribution in [1.29, 1.82) is 0 Å². The molecule has 2 N–H and O–H groups in total. The number of fused-ring (bicyclic) bond motifs is 1. The molecule has 0 aromatic heterocycles. The van der Waals surface area contributed by atoms with Crippen molar-refractivity contribution in [2.24, 2.45) is 0 Å². The fraction of sp³-hybridized carbons (Fsp3) is 0.364. The van der Waals surface area contributed by atoms with Crippen LogP contribution in [0.3, 0.4) is 0 Å². The summed E-state index contributed by atoms with van der Waals surface area (Å²) >= 11 is 0. The molecule has 1 aliphatic heterocycles. The molecule has 0 saturated heterocycles. The van der Waals surface area contributed by atoms with Crippen LogP contribution in [-0.4, -0.2) is 19.5 Å². The zero-order valence-electron chi connectivity index (χ0n) is 9.00. The highest BCUT2D eigenvalue weighted by Crippen LogP contribution is 2.28. The maximum atomic E-state index is 11.0. The molecule has 0 radical (unpaired) electrons. The van der Waals surface area contributed by atoms with Crippen molar-refractivity contribution >= 4 is 17.3 Å². The molecular formula is C11H15N3O. The van der Waals surface area contributed by atoms with Gasteiger partial charge in [0.25, 0.3) is 0 Å². The van der Waals surface area contributed by atoms with E-state index in [4.69, 9.17) is 0 Å². The summed E-state index contributed by atoms with van der Waals surface area (Å²) in [6, 6.07) is 5.94. The summed E-state index contributed by atoms with van der Waals surface area (Å²) in [5.41, 5.74) is 6.50. The van der Waals surface area contributed by atoms with Crippen LogP contribution in [0.4, 0.5) is 11.4 Å². The number of hydrogen-bond acceptors (Lipinski definition) is 3. The Balaban J connectivity index is 2.40. The lowest BCUT2D eigenvalue weighted by molar-refractivity contribution is -0.114. The molecule has 1 aromatic rings. The smallest absolute Gasteiger partial charge is 0.221 e. The van der Waals surface area contributed by atoms with E-state index in [1.165, 1.54) is 12.5 Å². The number of hydrogen-bond donors (Lipinski definition) is 2. The largest absolute Gasteiger partial charge is 0.326 e. The van der Waals surface area contributed by atoms with Crippen LogP contribution in [0, 0.1) is 0 Å². The Morgan fingerprint density at radius 3 is 3.07 bits per heavy atom. The molecular weight excluding hydrogens is 190 g/mol. The summed E-state index contributed by atoms with van der Waals surface area (Å²) < 4.78 is 0. The number of carbonyl (C=O) groups is 1. The van der Waals surface area contributed by atoms with Crippen LogP contribution in [0.15, 0.2) is 18.2 Å². The van der Waals surface area contributed by atoms with Gasteiger partial charge in [0.05, 0.1) is 5.69 Å². The van der Waals surface area contributed by atoms with Crippen molar-refractivity contribution in [2.45, 2.75) is 13.3 Å². The van der Waals surface area contributed by atoms with Gasteiger partial charge >= 0.3 is 0 Å². The summed E-state index contributed by atoms with van der Waals surface area (Å²) in [6.45, 7) is 2.43. The second-order valence-corrected chi connectivity index (χ2v) is 3.70. The summed E-state index contributed by atoms with van der Waals surface area (Å²) in [6.07, 6.45) is 0.941. The monoisotopic (exact) mass is 205 g/mol. The van der Waals surface area contributed by atoms with Gasteiger partial charge in [-0.05, 0) is 18.6 Å². The van der Waals surface area contributed by atoms with E-state index in [1.807, 2.05) is 30.3 Å². The number of hydrazine groups is 1. The zero-order chi connectivity index (χ0) is 10.8. The standard InChI is InChI=1S/C11H15N3O/c1-8(15)13-10-4-3-5-11-9(10)6-7-12-14(11)2/h3-5,12H,6-7H2,1-2H3,(H,13,15). The van der Waals surface area contributed by atoms with E-state index in [1.54, 1.807) is 0 Å². The molecule has 0 atom stereocenters. The van der Waals surface area contributed by atoms with Crippen molar-refractivity contribution in [2.75, 3.05) is 23.9 Å². The third-order valence-corrected chi connectivity index (χ3v) is 2.55. The molecule has 4 nitrogen and oxygen atoms in total. The summed E-state index contributed by atoms with van der Waals surface area (Å²) in [4.78, 5) is 11.0. The van der Waals surface area contributed by atoms with Crippen molar-refractivity contribution in [3.8, 4) is 0 Å². The lowest BCUT2D eigenvalue weighted by Crippen LogP contribution is -2.40. The molecule has 0 unspecified atom stereocenters. The minimum atomic E-state index is -0.0235. The highest BCUT2D eigenvalue weighted by Gasteiger charge is 2.16. The van der Waals surface area contributed by atoms with Gasteiger partial charge in [-0.2, -0.15) is 0 Å². The Kier molecular flexibility index (Phi) is 2.60. The van der Waals surface area contributed by atoms with Gasteiger partial charge in [0.2, 0.25) is 5.91 Å². The van der Waals surface area contributed by atoms with Gasteiger partial charge in [-0.1, -0.05) is 6.07 Å². The predicted molar refractivity (Wildman–Crippen MR) is 60.9 cm³/mol. The van der Waals surface area contributed by atoms with E-state index in [0.29, 0.717) is 0 Å². The number of nitrogens with one attached hydrogen (secondary N) is 2. The van der Waals surface area contributed by atoms with Gasteiger partial charge in [-0.25, -0.2) is 5.43 Å². The first-order chi connectivity index (χ1) is 7.18. The van der Waals surface area contributed by atoms with Crippen molar-refractivity contribution < 1.29 is 4.79 Å². The fourth-order valence-corrected chi connectivity index (χ4v) is 1.89. The van der Waals surface area contributed by atoms with Crippen LogP contribution in [0.25, 0.3) is 0 Å². The van der Waals surface area contributed by atoms with E-state index >= 15 is 0 Å². The topological polar surface area (TPSA) is 44.4 Å². The van der Waals surface area contributed by atoms with Gasteiger partial charge in [0.15, 0.2) is 0 Å². The number of carbonyl (C=O) groups excluding carboxylic acids is 1. The van der Waals surface area contributed by atoms with Crippen LogP contribution in [0.2, 0.25) is 0 Å². The minimum absolute atomic E-state index is 0.0235. The SMILES string of the molecule is CC(=O)Nc1cccc2c1CCNN2C. The first kappa shape index (κ1) is 9.98. The minimum Gasteiger partial charge on any atom is -0.326 e. The van der Waals surface area contributed by atoms with Crippen molar-refractivity contribution in [1.82, 2.24) is 5.43 Å². The molecule has 0 saturated carbocycles. The van der Waals surface area contributed by atoms with Crippen LogP contribution in [0.5, 0.6) is 0 Å². The average molecular weight is 205 g/mol. The zero-order valence-corrected chi connectivity index (χ0v) is 9.00. The van der Waals surface area contributed by atoms with Gasteiger partial charge in [-0.15, -0.1) is 0 Å². The number of benzene rings is 1. The lowest BCUT2D eigenvalue weighted by atomic mass is 10.1. The normalized spacial score (nSPS) is 14.7. The van der Waals surface area contributed by atoms with E-state index < -0.39 is 0 Å². The predicted octanol–water partition coefficient (Wildman–Crippen LogP) is 1.14. The fourth-order valence-electron chi connectivity index (χ4n) is 1.89. The van der Waals surface area contributed by atoms with Crippen molar-refractivity contribution in [3.63, 3.8) is 0 Å². The van der Waals surface area contributed by atoms with Crippen LogP contribution in [0.1, 0.15) is 12.5 Å². The second-order valence-electron chi connectivity index (χ2n) is 3.70. The van der Waals surface area contributed by atoms with Gasteiger partial charge in [0.1, 0.15) is 0 Å². The van der Waals surface area contributed by atoms with Gasteiger partial charge < -0.3 is 10.3 Å². The van der Waals surface area contributed by atoms with E-state index in [9.17, 15) is 4.79 Å². The Morgan fingerprint density at radius 1 is 1.53 bits per heavy atom. The number of rotatable bonds is 1. The van der Waals surface area contributed by atoms with Gasteiger partial charge in [-0.3, -0.25) is 4.79 Å². The highest BCUT2D eigenvalue weighted by atomic mass is 16.1. The molecule has 1 heterocycles. The molecule has 0 spiro atoms. The Hall–Kier alpha value is -1.55. The van der Waals surface area contributed by atoms with Crippen LogP contribution in [-0.2, 0) is 11.2 Å². The van der Waals surface area contributed by atoms with E-state index in [-0.39, 0.29) is 5.91 Å². The number of anilines is 2. The summed E-state index contributed by atoms with van der Waals surface area (Å²) in [7, 11) is 1.98. The average Bonchev–Trinajstić information content (AvgIpc) is 2.19. The first-order valence-electron chi connectivity index (χ1n) is 5.05. The van der Waals surface area contributed by atoms with E-state index in [2.05, 4.69) is 10.7 Å². The third kappa shape index (κ3) is 1.94. The maximum Gasteiger partial charge on any atom is 0.221 e. The highest BCUT2D eigenvalue weighted by molar-refractivity contribution is 5.90. The quantitative estimate of drug-likeness (QED) is 0.722. The van der Waals surface area contributed by atoms with Crippen molar-refractivity contribution in [3.05, 3.63) is 23.8 Å². The second kappa shape index (κ2) is 3.90.